The first-order valence-electron chi connectivity index (χ1n) is 14.0. The Labute approximate surface area is 250 Å². The Kier molecular flexibility index (Phi) is 5.27. The van der Waals surface area contributed by atoms with Crippen molar-refractivity contribution in [1.29, 1.82) is 0 Å². The van der Waals surface area contributed by atoms with E-state index in [2.05, 4.69) is 133 Å². The van der Waals surface area contributed by atoms with Gasteiger partial charge in [0.2, 0.25) is 0 Å². The minimum absolute atomic E-state index is 0.755. The van der Waals surface area contributed by atoms with E-state index in [1.54, 1.807) is 11.3 Å². The lowest BCUT2D eigenvalue weighted by Gasteiger charge is -2.11. The summed E-state index contributed by atoms with van der Waals surface area (Å²) in [5.74, 6) is 0.755. The predicted molar refractivity (Wildman–Crippen MR) is 182 cm³/mol. The molecule has 2 nitrogen and oxygen atoms in total. The summed E-state index contributed by atoms with van der Waals surface area (Å²) in [6.45, 7) is 0. The van der Waals surface area contributed by atoms with Gasteiger partial charge in [0.15, 0.2) is 5.82 Å². The van der Waals surface area contributed by atoms with Gasteiger partial charge < -0.3 is 0 Å². The fourth-order valence-corrected chi connectivity index (χ4v) is 8.41. The van der Waals surface area contributed by atoms with Crippen LogP contribution in [0.2, 0.25) is 0 Å². The lowest BCUT2D eigenvalue weighted by atomic mass is 9.96. The third kappa shape index (κ3) is 3.69. The standard InChI is InChI=1S/C38H22N2S2/c1-2-11-24(12-3-1)30-21-27(22-33-34(30)28-14-6-8-16-31(28)41-33)38-39-35(26-19-18-23-10-4-5-13-25(23)20-26)37-36(40-38)29-15-7-9-17-32(29)42-37/h1-22H. The van der Waals surface area contributed by atoms with Crippen LogP contribution in [0.5, 0.6) is 0 Å². The van der Waals surface area contributed by atoms with Crippen molar-refractivity contribution in [3.8, 4) is 33.8 Å². The quantitative estimate of drug-likeness (QED) is 0.211. The summed E-state index contributed by atoms with van der Waals surface area (Å²) in [6.07, 6.45) is 0. The van der Waals surface area contributed by atoms with Crippen molar-refractivity contribution in [3.05, 3.63) is 133 Å². The van der Waals surface area contributed by atoms with Gasteiger partial charge in [-0.05, 0) is 52.2 Å². The van der Waals surface area contributed by atoms with Gasteiger partial charge >= 0.3 is 0 Å². The number of nitrogens with zero attached hydrogens (tertiary/aromatic N) is 2. The zero-order valence-electron chi connectivity index (χ0n) is 22.4. The van der Waals surface area contributed by atoms with Crippen molar-refractivity contribution < 1.29 is 0 Å². The largest absolute Gasteiger partial charge is 0.226 e. The molecule has 0 N–H and O–H groups in total. The maximum atomic E-state index is 5.34. The van der Waals surface area contributed by atoms with Crippen LogP contribution in [0.15, 0.2) is 133 Å². The minimum atomic E-state index is 0.755. The number of hydrogen-bond acceptors (Lipinski definition) is 4. The number of aromatic nitrogens is 2. The molecule has 4 heteroatoms. The summed E-state index contributed by atoms with van der Waals surface area (Å²) in [4.78, 5) is 10.6. The third-order valence-corrected chi connectivity index (χ3v) is 10.3. The molecule has 9 rings (SSSR count). The van der Waals surface area contributed by atoms with Crippen LogP contribution in [0.3, 0.4) is 0 Å². The van der Waals surface area contributed by atoms with E-state index in [1.165, 1.54) is 52.2 Å². The van der Waals surface area contributed by atoms with Crippen LogP contribution in [-0.2, 0) is 0 Å². The zero-order valence-corrected chi connectivity index (χ0v) is 24.0. The van der Waals surface area contributed by atoms with E-state index in [4.69, 9.17) is 9.97 Å². The molecule has 0 aliphatic rings. The summed E-state index contributed by atoms with van der Waals surface area (Å²) < 4.78 is 4.89. The lowest BCUT2D eigenvalue weighted by molar-refractivity contribution is 1.24. The van der Waals surface area contributed by atoms with Gasteiger partial charge in [-0.25, -0.2) is 9.97 Å². The van der Waals surface area contributed by atoms with Crippen LogP contribution in [0, 0.1) is 0 Å². The van der Waals surface area contributed by atoms with E-state index in [-0.39, 0.29) is 0 Å². The molecule has 0 saturated heterocycles. The number of fused-ring (bicyclic) bond motifs is 7. The van der Waals surface area contributed by atoms with Crippen molar-refractivity contribution in [3.63, 3.8) is 0 Å². The van der Waals surface area contributed by atoms with Gasteiger partial charge in [-0.2, -0.15) is 0 Å². The Hall–Kier alpha value is -4.90. The fourth-order valence-electron chi connectivity index (χ4n) is 6.08. The molecular weight excluding hydrogens is 549 g/mol. The smallest absolute Gasteiger partial charge is 0.160 e. The molecule has 0 fully saturated rings. The van der Waals surface area contributed by atoms with Gasteiger partial charge in [0.25, 0.3) is 0 Å². The van der Waals surface area contributed by atoms with Gasteiger partial charge in [0.05, 0.1) is 15.9 Å². The van der Waals surface area contributed by atoms with Gasteiger partial charge in [0, 0.05) is 41.4 Å². The highest BCUT2D eigenvalue weighted by Gasteiger charge is 2.19. The maximum Gasteiger partial charge on any atom is 0.160 e. The Balaban J connectivity index is 1.37. The highest BCUT2D eigenvalue weighted by atomic mass is 32.1. The molecule has 0 saturated carbocycles. The summed E-state index contributed by atoms with van der Waals surface area (Å²) in [6, 6.07) is 47.7. The van der Waals surface area contributed by atoms with Crippen LogP contribution < -0.4 is 0 Å². The van der Waals surface area contributed by atoms with Crippen molar-refractivity contribution in [1.82, 2.24) is 9.97 Å². The average molecular weight is 571 g/mol. The number of hydrogen-bond donors (Lipinski definition) is 0. The average Bonchev–Trinajstić information content (AvgIpc) is 3.62. The molecule has 0 unspecified atom stereocenters. The first kappa shape index (κ1) is 23.8. The van der Waals surface area contributed by atoms with E-state index < -0.39 is 0 Å². The number of thiophene rings is 2. The molecule has 0 spiro atoms. The first-order valence-corrected chi connectivity index (χ1v) is 15.6. The Morgan fingerprint density at radius 1 is 0.452 bits per heavy atom. The second-order valence-electron chi connectivity index (χ2n) is 10.6. The van der Waals surface area contributed by atoms with Crippen LogP contribution in [-0.4, -0.2) is 9.97 Å². The van der Waals surface area contributed by atoms with Crippen LogP contribution in [0.1, 0.15) is 0 Å². The Morgan fingerprint density at radius 2 is 1.17 bits per heavy atom. The van der Waals surface area contributed by atoms with Crippen LogP contribution in [0.4, 0.5) is 0 Å². The van der Waals surface area contributed by atoms with Gasteiger partial charge in [-0.15, -0.1) is 22.7 Å². The predicted octanol–water partition coefficient (Wildman–Crippen LogP) is 11.4. The van der Waals surface area contributed by atoms with Crippen LogP contribution in [0.25, 0.3) is 85.0 Å². The highest BCUT2D eigenvalue weighted by molar-refractivity contribution is 7.26. The molecule has 0 aliphatic heterocycles. The van der Waals surface area contributed by atoms with Gasteiger partial charge in [0.1, 0.15) is 0 Å². The maximum absolute atomic E-state index is 5.34. The lowest BCUT2D eigenvalue weighted by Crippen LogP contribution is -1.94. The molecule has 0 atom stereocenters. The second kappa shape index (κ2) is 9.31. The fraction of sp³-hybridized carbons (Fsp3) is 0. The molecule has 0 aliphatic carbocycles. The summed E-state index contributed by atoms with van der Waals surface area (Å²) in [5, 5.41) is 6.20. The number of rotatable bonds is 3. The zero-order chi connectivity index (χ0) is 27.6. The van der Waals surface area contributed by atoms with Crippen molar-refractivity contribution >= 4 is 73.9 Å². The summed E-state index contributed by atoms with van der Waals surface area (Å²) in [7, 11) is 0. The summed E-state index contributed by atoms with van der Waals surface area (Å²) in [5.41, 5.74) is 6.56. The molecule has 42 heavy (non-hydrogen) atoms. The molecular formula is C38H22N2S2. The highest BCUT2D eigenvalue weighted by Crippen LogP contribution is 2.44. The molecule has 6 aromatic carbocycles. The number of benzene rings is 6. The molecule has 3 aromatic heterocycles. The van der Waals surface area contributed by atoms with Gasteiger partial charge in [-0.1, -0.05) is 103 Å². The molecule has 0 radical (unpaired) electrons. The second-order valence-corrected chi connectivity index (χ2v) is 12.7. The van der Waals surface area contributed by atoms with Crippen molar-refractivity contribution in [2.75, 3.05) is 0 Å². The SMILES string of the molecule is c1ccc(-c2cc(-c3nc(-c4ccc5ccccc5c4)c4sc5ccccc5c4n3)cc3sc4ccccc4c23)cc1. The minimum Gasteiger partial charge on any atom is -0.226 e. The first-order chi connectivity index (χ1) is 20.8. The topological polar surface area (TPSA) is 25.8 Å². The third-order valence-electron chi connectivity index (χ3n) is 8.06. The molecule has 196 valence electrons. The van der Waals surface area contributed by atoms with Crippen molar-refractivity contribution in [2.24, 2.45) is 0 Å². The summed E-state index contributed by atoms with van der Waals surface area (Å²) >= 11 is 3.61. The molecule has 9 aromatic rings. The Bertz CT molecular complexity index is 2470. The van der Waals surface area contributed by atoms with E-state index >= 15 is 0 Å². The van der Waals surface area contributed by atoms with Crippen LogP contribution >= 0.6 is 22.7 Å². The molecule has 0 bridgehead atoms. The normalized spacial score (nSPS) is 11.8. The molecule has 3 heterocycles. The van der Waals surface area contributed by atoms with E-state index in [0.717, 1.165) is 32.9 Å². The van der Waals surface area contributed by atoms with Crippen molar-refractivity contribution in [2.45, 2.75) is 0 Å². The van der Waals surface area contributed by atoms with E-state index in [1.807, 2.05) is 11.3 Å². The van der Waals surface area contributed by atoms with E-state index in [9.17, 15) is 0 Å². The monoisotopic (exact) mass is 570 g/mol. The van der Waals surface area contributed by atoms with Gasteiger partial charge in [-0.3, -0.25) is 0 Å². The Morgan fingerprint density at radius 3 is 2.02 bits per heavy atom. The van der Waals surface area contributed by atoms with E-state index in [0.29, 0.717) is 0 Å². The molecule has 0 amide bonds.